The van der Waals surface area contributed by atoms with E-state index in [1.54, 1.807) is 0 Å². The summed E-state index contributed by atoms with van der Waals surface area (Å²) in [4.78, 5) is 4.24. The molecular weight excluding hydrogens is 367 g/mol. The Morgan fingerprint density at radius 1 is 1.11 bits per heavy atom. The van der Waals surface area contributed by atoms with E-state index in [2.05, 4.69) is 10.3 Å². The third-order valence-electron chi connectivity index (χ3n) is 4.02. The Morgan fingerprint density at radius 2 is 1.78 bits per heavy atom. The standard InChI is InChI=1S/C20H21FN2O3S/c1-13(2)12-22-19-20(27(24,25)16-10-8-15(21)9-11-16)23-18(26-19)17-7-5-4-6-14(17)3/h4-11,13,22H,12H2,1-3H3. The van der Waals surface area contributed by atoms with Gasteiger partial charge < -0.3 is 9.73 Å². The van der Waals surface area contributed by atoms with Gasteiger partial charge in [-0.2, -0.15) is 4.98 Å². The number of sulfone groups is 1. The van der Waals surface area contributed by atoms with Gasteiger partial charge in [-0.3, -0.25) is 0 Å². The minimum Gasteiger partial charge on any atom is -0.419 e. The zero-order chi connectivity index (χ0) is 19.6. The van der Waals surface area contributed by atoms with Crippen LogP contribution in [0.25, 0.3) is 11.5 Å². The number of aryl methyl sites for hydroxylation is 1. The lowest BCUT2D eigenvalue weighted by molar-refractivity contribution is 0.567. The first kappa shape index (κ1) is 19.1. The zero-order valence-electron chi connectivity index (χ0n) is 15.4. The molecule has 1 heterocycles. The van der Waals surface area contributed by atoms with Crippen LogP contribution in [0.2, 0.25) is 0 Å². The van der Waals surface area contributed by atoms with Crippen LogP contribution in [-0.4, -0.2) is 19.9 Å². The quantitative estimate of drug-likeness (QED) is 0.620. The van der Waals surface area contributed by atoms with Crippen LogP contribution >= 0.6 is 0 Å². The van der Waals surface area contributed by atoms with Crippen molar-refractivity contribution < 1.29 is 17.2 Å². The molecule has 2 aromatic carbocycles. The van der Waals surface area contributed by atoms with Gasteiger partial charge in [0, 0.05) is 12.1 Å². The molecule has 7 heteroatoms. The molecule has 0 saturated heterocycles. The van der Waals surface area contributed by atoms with Crippen LogP contribution in [0.3, 0.4) is 0 Å². The fourth-order valence-electron chi connectivity index (χ4n) is 2.55. The van der Waals surface area contributed by atoms with E-state index in [1.807, 2.05) is 45.0 Å². The first-order chi connectivity index (χ1) is 12.8. The SMILES string of the molecule is Cc1ccccc1-c1nc(S(=O)(=O)c2ccc(F)cc2)c(NCC(C)C)o1. The summed E-state index contributed by atoms with van der Waals surface area (Å²) in [5.41, 5.74) is 1.63. The highest BCUT2D eigenvalue weighted by atomic mass is 32.2. The van der Waals surface area contributed by atoms with Gasteiger partial charge in [0.15, 0.2) is 0 Å². The Hall–Kier alpha value is -2.67. The predicted octanol–water partition coefficient (Wildman–Crippen LogP) is 4.69. The van der Waals surface area contributed by atoms with Gasteiger partial charge in [0.25, 0.3) is 0 Å². The molecule has 0 aliphatic heterocycles. The molecule has 0 fully saturated rings. The summed E-state index contributed by atoms with van der Waals surface area (Å²) < 4.78 is 45.1. The van der Waals surface area contributed by atoms with Crippen LogP contribution < -0.4 is 5.32 Å². The molecule has 1 aromatic heterocycles. The number of aromatic nitrogens is 1. The number of benzene rings is 2. The lowest BCUT2D eigenvalue weighted by atomic mass is 10.1. The molecule has 0 amide bonds. The number of hydrogen-bond donors (Lipinski definition) is 1. The second-order valence-electron chi connectivity index (χ2n) is 6.70. The Morgan fingerprint density at radius 3 is 2.41 bits per heavy atom. The van der Waals surface area contributed by atoms with Crippen molar-refractivity contribution in [3.63, 3.8) is 0 Å². The minimum atomic E-state index is -3.97. The average molecular weight is 388 g/mol. The smallest absolute Gasteiger partial charge is 0.233 e. The molecule has 27 heavy (non-hydrogen) atoms. The summed E-state index contributed by atoms with van der Waals surface area (Å²) in [6, 6.07) is 12.1. The monoisotopic (exact) mass is 388 g/mol. The van der Waals surface area contributed by atoms with Crippen molar-refractivity contribution in [2.24, 2.45) is 5.92 Å². The van der Waals surface area contributed by atoms with Gasteiger partial charge in [-0.05, 0) is 48.7 Å². The summed E-state index contributed by atoms with van der Waals surface area (Å²) in [5.74, 6) is 0.0811. The fourth-order valence-corrected chi connectivity index (χ4v) is 3.83. The Balaban J connectivity index is 2.12. The molecule has 0 bridgehead atoms. The van der Waals surface area contributed by atoms with Gasteiger partial charge in [0.05, 0.1) is 4.90 Å². The number of nitrogens with zero attached hydrogens (tertiary/aromatic N) is 1. The highest BCUT2D eigenvalue weighted by molar-refractivity contribution is 7.91. The first-order valence-electron chi connectivity index (χ1n) is 8.60. The van der Waals surface area contributed by atoms with E-state index in [1.165, 1.54) is 12.1 Å². The van der Waals surface area contributed by atoms with Crippen molar-refractivity contribution in [3.8, 4) is 11.5 Å². The highest BCUT2D eigenvalue weighted by Gasteiger charge is 2.29. The Bertz CT molecular complexity index is 1040. The molecule has 3 rings (SSSR count). The van der Waals surface area contributed by atoms with Gasteiger partial charge in [-0.1, -0.05) is 32.0 Å². The zero-order valence-corrected chi connectivity index (χ0v) is 16.2. The number of anilines is 1. The summed E-state index contributed by atoms with van der Waals surface area (Å²) in [6.07, 6.45) is 0. The van der Waals surface area contributed by atoms with E-state index >= 15 is 0 Å². The lowest BCUT2D eigenvalue weighted by Crippen LogP contribution is -2.11. The Labute approximate surface area is 158 Å². The minimum absolute atomic E-state index is 0.0406. The van der Waals surface area contributed by atoms with Crippen LogP contribution in [-0.2, 0) is 9.84 Å². The van der Waals surface area contributed by atoms with Crippen molar-refractivity contribution in [1.82, 2.24) is 4.98 Å². The maximum Gasteiger partial charge on any atom is 0.233 e. The summed E-state index contributed by atoms with van der Waals surface area (Å²) >= 11 is 0. The largest absolute Gasteiger partial charge is 0.419 e. The van der Waals surface area contributed by atoms with E-state index in [4.69, 9.17) is 4.42 Å². The van der Waals surface area contributed by atoms with Crippen LogP contribution in [0.1, 0.15) is 19.4 Å². The van der Waals surface area contributed by atoms with Crippen LogP contribution in [0.4, 0.5) is 10.3 Å². The molecule has 0 aliphatic rings. The number of halogens is 1. The molecule has 0 radical (unpaired) electrons. The summed E-state index contributed by atoms with van der Waals surface area (Å²) in [6.45, 7) is 6.42. The van der Waals surface area contributed by atoms with Crippen LogP contribution in [0.15, 0.2) is 62.9 Å². The molecule has 0 spiro atoms. The first-order valence-corrected chi connectivity index (χ1v) is 10.1. The predicted molar refractivity (Wildman–Crippen MR) is 102 cm³/mol. The number of nitrogens with one attached hydrogen (secondary N) is 1. The number of rotatable bonds is 6. The summed E-state index contributed by atoms with van der Waals surface area (Å²) in [5, 5.41) is 2.83. The van der Waals surface area contributed by atoms with Crippen LogP contribution in [0, 0.1) is 18.7 Å². The summed E-state index contributed by atoms with van der Waals surface area (Å²) in [7, 11) is -3.97. The van der Waals surface area contributed by atoms with Crippen molar-refractivity contribution in [2.45, 2.75) is 30.7 Å². The number of hydrogen-bond acceptors (Lipinski definition) is 5. The Kier molecular flexibility index (Phi) is 5.32. The van der Waals surface area contributed by atoms with Crippen molar-refractivity contribution in [1.29, 1.82) is 0 Å². The maximum atomic E-state index is 13.2. The van der Waals surface area contributed by atoms with E-state index in [0.29, 0.717) is 12.1 Å². The number of oxazole rings is 1. The molecule has 1 N–H and O–H groups in total. The molecule has 5 nitrogen and oxygen atoms in total. The third-order valence-corrected chi connectivity index (χ3v) is 5.70. The third kappa shape index (κ3) is 4.03. The molecule has 0 saturated carbocycles. The highest BCUT2D eigenvalue weighted by Crippen LogP contribution is 2.33. The van der Waals surface area contributed by atoms with Crippen molar-refractivity contribution in [2.75, 3.05) is 11.9 Å². The van der Waals surface area contributed by atoms with E-state index < -0.39 is 15.7 Å². The normalized spacial score (nSPS) is 11.7. The van der Waals surface area contributed by atoms with Gasteiger partial charge >= 0.3 is 0 Å². The molecule has 0 unspecified atom stereocenters. The van der Waals surface area contributed by atoms with E-state index in [9.17, 15) is 12.8 Å². The van der Waals surface area contributed by atoms with Crippen LogP contribution in [0.5, 0.6) is 0 Å². The van der Waals surface area contributed by atoms with Crippen molar-refractivity contribution >= 4 is 15.7 Å². The average Bonchev–Trinajstić information content (AvgIpc) is 3.05. The fraction of sp³-hybridized carbons (Fsp3) is 0.250. The lowest BCUT2D eigenvalue weighted by Gasteiger charge is -2.08. The van der Waals surface area contributed by atoms with Gasteiger partial charge in [-0.15, -0.1) is 0 Å². The van der Waals surface area contributed by atoms with Gasteiger partial charge in [0.2, 0.25) is 26.6 Å². The molecule has 0 aliphatic carbocycles. The topological polar surface area (TPSA) is 72.2 Å². The molecule has 3 aromatic rings. The second kappa shape index (κ2) is 7.52. The maximum absolute atomic E-state index is 13.2. The van der Waals surface area contributed by atoms with E-state index in [-0.39, 0.29) is 27.6 Å². The van der Waals surface area contributed by atoms with E-state index in [0.717, 1.165) is 17.7 Å². The van der Waals surface area contributed by atoms with Gasteiger partial charge in [0.1, 0.15) is 5.82 Å². The van der Waals surface area contributed by atoms with Crippen molar-refractivity contribution in [3.05, 3.63) is 59.9 Å². The molecule has 0 atom stereocenters. The molecular formula is C20H21FN2O3S. The molecule has 142 valence electrons. The second-order valence-corrected chi connectivity index (χ2v) is 8.57. The van der Waals surface area contributed by atoms with Gasteiger partial charge in [-0.25, -0.2) is 12.8 Å².